The van der Waals surface area contributed by atoms with E-state index in [2.05, 4.69) is 44.3 Å². The SMILES string of the molecule is CC(C)(C)c1ccc(OCCNC(=O)COc2cccc3c2CCCC3)cc1. The van der Waals surface area contributed by atoms with Gasteiger partial charge in [-0.2, -0.15) is 0 Å². The third-order valence-electron chi connectivity index (χ3n) is 5.13. The first-order valence-electron chi connectivity index (χ1n) is 10.2. The summed E-state index contributed by atoms with van der Waals surface area (Å²) in [5.74, 6) is 1.54. The van der Waals surface area contributed by atoms with Gasteiger partial charge in [-0.05, 0) is 66.0 Å². The van der Waals surface area contributed by atoms with Crippen LogP contribution in [0.1, 0.15) is 50.3 Å². The highest BCUT2D eigenvalue weighted by Gasteiger charge is 2.15. The summed E-state index contributed by atoms with van der Waals surface area (Å²) < 4.78 is 11.5. The maximum Gasteiger partial charge on any atom is 0.258 e. The summed E-state index contributed by atoms with van der Waals surface area (Å²) in [6.45, 7) is 7.48. The van der Waals surface area contributed by atoms with E-state index >= 15 is 0 Å². The lowest BCUT2D eigenvalue weighted by molar-refractivity contribution is -0.123. The van der Waals surface area contributed by atoms with E-state index < -0.39 is 0 Å². The van der Waals surface area contributed by atoms with Crippen LogP contribution in [-0.2, 0) is 23.1 Å². The Hall–Kier alpha value is -2.49. The van der Waals surface area contributed by atoms with Crippen LogP contribution < -0.4 is 14.8 Å². The van der Waals surface area contributed by atoms with Crippen molar-refractivity contribution in [3.05, 3.63) is 59.2 Å². The van der Waals surface area contributed by atoms with Crippen LogP contribution in [0.5, 0.6) is 11.5 Å². The maximum atomic E-state index is 12.1. The number of ether oxygens (including phenoxy) is 2. The van der Waals surface area contributed by atoms with Gasteiger partial charge in [0.1, 0.15) is 18.1 Å². The van der Waals surface area contributed by atoms with Gasteiger partial charge in [-0.25, -0.2) is 0 Å². The molecule has 4 nitrogen and oxygen atoms in total. The van der Waals surface area contributed by atoms with Crippen molar-refractivity contribution >= 4 is 5.91 Å². The molecule has 0 aromatic heterocycles. The van der Waals surface area contributed by atoms with Gasteiger partial charge in [0.15, 0.2) is 6.61 Å². The highest BCUT2D eigenvalue weighted by Crippen LogP contribution is 2.29. The predicted molar refractivity (Wildman–Crippen MR) is 112 cm³/mol. The molecule has 2 aromatic rings. The number of hydrogen-bond acceptors (Lipinski definition) is 3. The number of benzene rings is 2. The molecule has 0 unspecified atom stereocenters. The number of carbonyl (C=O) groups is 1. The van der Waals surface area contributed by atoms with Gasteiger partial charge in [-0.15, -0.1) is 0 Å². The largest absolute Gasteiger partial charge is 0.492 e. The van der Waals surface area contributed by atoms with E-state index in [1.807, 2.05) is 24.3 Å². The van der Waals surface area contributed by atoms with Crippen molar-refractivity contribution in [1.29, 1.82) is 0 Å². The fraction of sp³-hybridized carbons (Fsp3) is 0.458. The van der Waals surface area contributed by atoms with Crippen LogP contribution >= 0.6 is 0 Å². The van der Waals surface area contributed by atoms with Crippen molar-refractivity contribution in [3.8, 4) is 11.5 Å². The van der Waals surface area contributed by atoms with Crippen LogP contribution in [0.15, 0.2) is 42.5 Å². The minimum Gasteiger partial charge on any atom is -0.492 e. The molecule has 3 rings (SSSR count). The van der Waals surface area contributed by atoms with Gasteiger partial charge in [0.2, 0.25) is 0 Å². The fourth-order valence-corrected chi connectivity index (χ4v) is 3.49. The molecule has 0 bridgehead atoms. The van der Waals surface area contributed by atoms with Crippen LogP contribution in [0, 0.1) is 0 Å². The Balaban J connectivity index is 1.38. The lowest BCUT2D eigenvalue weighted by Crippen LogP contribution is -2.32. The van der Waals surface area contributed by atoms with Crippen LogP contribution in [0.25, 0.3) is 0 Å². The van der Waals surface area contributed by atoms with E-state index in [4.69, 9.17) is 9.47 Å². The van der Waals surface area contributed by atoms with Crippen LogP contribution in [0.3, 0.4) is 0 Å². The number of rotatable bonds is 7. The highest BCUT2D eigenvalue weighted by atomic mass is 16.5. The van der Waals surface area contributed by atoms with Crippen molar-refractivity contribution in [2.75, 3.05) is 19.8 Å². The Morgan fingerprint density at radius 1 is 1.00 bits per heavy atom. The van der Waals surface area contributed by atoms with E-state index in [1.54, 1.807) is 0 Å². The Kier molecular flexibility index (Phi) is 6.61. The van der Waals surface area contributed by atoms with Gasteiger partial charge in [-0.3, -0.25) is 4.79 Å². The summed E-state index contributed by atoms with van der Waals surface area (Å²) in [5.41, 5.74) is 4.02. The zero-order valence-electron chi connectivity index (χ0n) is 17.2. The van der Waals surface area contributed by atoms with Crippen molar-refractivity contribution in [2.45, 2.75) is 51.9 Å². The molecule has 0 saturated heterocycles. The third kappa shape index (κ3) is 5.51. The first-order valence-corrected chi connectivity index (χ1v) is 10.2. The highest BCUT2D eigenvalue weighted by molar-refractivity contribution is 5.77. The average molecular weight is 382 g/mol. The molecule has 0 radical (unpaired) electrons. The Morgan fingerprint density at radius 2 is 1.75 bits per heavy atom. The summed E-state index contributed by atoms with van der Waals surface area (Å²) >= 11 is 0. The standard InChI is InChI=1S/C24H31NO3/c1-24(2,3)19-11-13-20(14-12-19)27-16-15-25-23(26)17-28-22-10-6-8-18-7-4-5-9-21(18)22/h6,8,10-14H,4-5,7,9,15-17H2,1-3H3,(H,25,26). The molecule has 150 valence electrons. The number of carbonyl (C=O) groups excluding carboxylic acids is 1. The van der Waals surface area contributed by atoms with Gasteiger partial charge >= 0.3 is 0 Å². The van der Waals surface area contributed by atoms with E-state index in [9.17, 15) is 4.79 Å². The first-order chi connectivity index (χ1) is 13.4. The lowest BCUT2D eigenvalue weighted by Gasteiger charge is -2.19. The molecule has 1 aliphatic rings. The molecule has 4 heteroatoms. The summed E-state index contributed by atoms with van der Waals surface area (Å²) in [7, 11) is 0. The van der Waals surface area contributed by atoms with E-state index in [0.717, 1.165) is 24.3 Å². The Labute approximate surface area is 168 Å². The number of hydrogen-bond donors (Lipinski definition) is 1. The first kappa shape index (κ1) is 20.2. The van der Waals surface area contributed by atoms with Gasteiger partial charge in [-0.1, -0.05) is 45.0 Å². The second kappa shape index (κ2) is 9.13. The Bertz CT molecular complexity index is 790. The molecule has 0 fully saturated rings. The van der Waals surface area contributed by atoms with Gasteiger partial charge < -0.3 is 14.8 Å². The van der Waals surface area contributed by atoms with Crippen molar-refractivity contribution in [1.82, 2.24) is 5.32 Å². The average Bonchev–Trinajstić information content (AvgIpc) is 2.69. The number of aryl methyl sites for hydroxylation is 1. The van der Waals surface area contributed by atoms with Crippen LogP contribution in [-0.4, -0.2) is 25.7 Å². The second-order valence-electron chi connectivity index (χ2n) is 8.36. The normalized spacial score (nSPS) is 13.5. The molecule has 0 aliphatic heterocycles. The molecule has 0 spiro atoms. The van der Waals surface area contributed by atoms with Gasteiger partial charge in [0, 0.05) is 0 Å². The number of nitrogens with one attached hydrogen (secondary N) is 1. The van der Waals surface area contributed by atoms with E-state index in [-0.39, 0.29) is 17.9 Å². The third-order valence-corrected chi connectivity index (χ3v) is 5.13. The predicted octanol–water partition coefficient (Wildman–Crippen LogP) is 4.44. The fourth-order valence-electron chi connectivity index (χ4n) is 3.49. The van der Waals surface area contributed by atoms with E-state index in [1.165, 1.54) is 29.5 Å². The lowest BCUT2D eigenvalue weighted by atomic mass is 9.87. The minimum atomic E-state index is -0.125. The second-order valence-corrected chi connectivity index (χ2v) is 8.36. The molecule has 28 heavy (non-hydrogen) atoms. The van der Waals surface area contributed by atoms with Gasteiger partial charge in [0.05, 0.1) is 6.54 Å². The zero-order chi connectivity index (χ0) is 20.0. The molecule has 0 heterocycles. The molecular formula is C24H31NO3. The maximum absolute atomic E-state index is 12.1. The summed E-state index contributed by atoms with van der Waals surface area (Å²) in [4.78, 5) is 12.1. The Morgan fingerprint density at radius 3 is 2.50 bits per heavy atom. The molecular weight excluding hydrogens is 350 g/mol. The minimum absolute atomic E-state index is 0.0384. The molecule has 2 aromatic carbocycles. The molecule has 1 amide bonds. The molecule has 1 aliphatic carbocycles. The van der Waals surface area contributed by atoms with Crippen molar-refractivity contribution < 1.29 is 14.3 Å². The van der Waals surface area contributed by atoms with Crippen LogP contribution in [0.2, 0.25) is 0 Å². The monoisotopic (exact) mass is 381 g/mol. The summed E-state index contributed by atoms with van der Waals surface area (Å²) in [6, 6.07) is 14.3. The molecule has 1 N–H and O–H groups in total. The zero-order valence-corrected chi connectivity index (χ0v) is 17.2. The number of fused-ring (bicyclic) bond motifs is 1. The van der Waals surface area contributed by atoms with Crippen molar-refractivity contribution in [2.24, 2.45) is 0 Å². The quantitative estimate of drug-likeness (QED) is 0.722. The molecule has 0 atom stereocenters. The topological polar surface area (TPSA) is 47.6 Å². The van der Waals surface area contributed by atoms with E-state index in [0.29, 0.717) is 13.2 Å². The smallest absolute Gasteiger partial charge is 0.258 e. The van der Waals surface area contributed by atoms with Gasteiger partial charge in [0.25, 0.3) is 5.91 Å². The van der Waals surface area contributed by atoms with Crippen LogP contribution in [0.4, 0.5) is 0 Å². The summed E-state index contributed by atoms with van der Waals surface area (Å²) in [6.07, 6.45) is 4.56. The number of amides is 1. The summed E-state index contributed by atoms with van der Waals surface area (Å²) in [5, 5.41) is 2.85. The van der Waals surface area contributed by atoms with Crippen molar-refractivity contribution in [3.63, 3.8) is 0 Å². The molecule has 0 saturated carbocycles.